The van der Waals surface area contributed by atoms with Crippen molar-refractivity contribution < 1.29 is 14.5 Å². The summed E-state index contributed by atoms with van der Waals surface area (Å²) in [5.74, 6) is -0.246. The van der Waals surface area contributed by atoms with Crippen molar-refractivity contribution in [2.24, 2.45) is 0 Å². The van der Waals surface area contributed by atoms with E-state index in [4.69, 9.17) is 27.9 Å². The van der Waals surface area contributed by atoms with E-state index in [0.29, 0.717) is 10.7 Å². The molecule has 0 saturated heterocycles. The maximum atomic E-state index is 11.8. The molecule has 0 aliphatic carbocycles. The van der Waals surface area contributed by atoms with Crippen molar-refractivity contribution in [1.29, 1.82) is 0 Å². The highest BCUT2D eigenvalue weighted by atomic mass is 35.5. The zero-order valence-corrected chi connectivity index (χ0v) is 12.6. The minimum absolute atomic E-state index is 0.0553. The first-order valence-corrected chi connectivity index (χ1v) is 6.84. The number of carbonyl (C=O) groups excluding carboxylic acids is 1. The topological polar surface area (TPSA) is 81.5 Å². The van der Waals surface area contributed by atoms with E-state index in [1.807, 2.05) is 0 Å². The number of para-hydroxylation sites is 1. The van der Waals surface area contributed by atoms with Crippen LogP contribution in [-0.4, -0.2) is 17.4 Å². The molecule has 2 rings (SSSR count). The summed E-state index contributed by atoms with van der Waals surface area (Å²) >= 11 is 11.8. The molecule has 0 unspecified atom stereocenters. The number of ether oxygens (including phenoxy) is 1. The SMILES string of the molecule is O=C(COc1ccc([N+](=O)[O-])cc1Cl)Nc1ccccc1Cl. The van der Waals surface area contributed by atoms with Gasteiger partial charge < -0.3 is 10.1 Å². The Morgan fingerprint density at radius 2 is 1.91 bits per heavy atom. The van der Waals surface area contributed by atoms with Crippen LogP contribution in [0.1, 0.15) is 0 Å². The van der Waals surface area contributed by atoms with E-state index in [1.54, 1.807) is 24.3 Å². The first-order chi connectivity index (χ1) is 10.5. The van der Waals surface area contributed by atoms with Crippen LogP contribution < -0.4 is 10.1 Å². The average molecular weight is 341 g/mol. The van der Waals surface area contributed by atoms with Crippen molar-refractivity contribution in [2.75, 3.05) is 11.9 Å². The van der Waals surface area contributed by atoms with Gasteiger partial charge in [0.25, 0.3) is 11.6 Å². The number of nitrogens with zero attached hydrogens (tertiary/aromatic N) is 1. The molecule has 114 valence electrons. The Hall–Kier alpha value is -2.31. The van der Waals surface area contributed by atoms with Crippen LogP contribution in [0.25, 0.3) is 0 Å². The van der Waals surface area contributed by atoms with Crippen molar-refractivity contribution >= 4 is 40.5 Å². The van der Waals surface area contributed by atoms with Gasteiger partial charge in [-0.15, -0.1) is 0 Å². The van der Waals surface area contributed by atoms with Crippen LogP contribution in [0.2, 0.25) is 10.0 Å². The fourth-order valence-corrected chi connectivity index (χ4v) is 2.02. The zero-order valence-electron chi connectivity index (χ0n) is 11.1. The molecule has 0 bridgehead atoms. The van der Waals surface area contributed by atoms with Crippen molar-refractivity contribution in [2.45, 2.75) is 0 Å². The zero-order chi connectivity index (χ0) is 16.1. The molecule has 1 amide bonds. The molecule has 2 aromatic carbocycles. The van der Waals surface area contributed by atoms with Crippen LogP contribution in [0.3, 0.4) is 0 Å². The van der Waals surface area contributed by atoms with Crippen LogP contribution >= 0.6 is 23.2 Å². The van der Waals surface area contributed by atoms with Crippen molar-refractivity contribution in [1.82, 2.24) is 0 Å². The van der Waals surface area contributed by atoms with Gasteiger partial charge in [0, 0.05) is 12.1 Å². The number of benzene rings is 2. The van der Waals surface area contributed by atoms with Crippen LogP contribution in [0.5, 0.6) is 5.75 Å². The molecule has 1 N–H and O–H groups in total. The van der Waals surface area contributed by atoms with E-state index in [9.17, 15) is 14.9 Å². The first kappa shape index (κ1) is 16.1. The number of amides is 1. The van der Waals surface area contributed by atoms with E-state index < -0.39 is 10.8 Å². The number of carbonyl (C=O) groups is 1. The summed E-state index contributed by atoms with van der Waals surface area (Å²) in [6, 6.07) is 10.5. The molecular weight excluding hydrogens is 331 g/mol. The van der Waals surface area contributed by atoms with Gasteiger partial charge in [-0.25, -0.2) is 0 Å². The lowest BCUT2D eigenvalue weighted by Gasteiger charge is -2.09. The molecule has 0 fully saturated rings. The summed E-state index contributed by atoms with van der Waals surface area (Å²) in [5.41, 5.74) is 0.311. The summed E-state index contributed by atoms with van der Waals surface area (Å²) in [6.45, 7) is -0.303. The summed E-state index contributed by atoms with van der Waals surface area (Å²) in [4.78, 5) is 21.8. The molecule has 0 aromatic heterocycles. The summed E-state index contributed by atoms with van der Waals surface area (Å²) < 4.78 is 5.24. The second kappa shape index (κ2) is 7.11. The monoisotopic (exact) mass is 340 g/mol. The van der Waals surface area contributed by atoms with Crippen molar-refractivity contribution in [3.05, 3.63) is 62.6 Å². The molecule has 0 aliphatic rings. The third-order valence-corrected chi connectivity index (χ3v) is 3.26. The molecule has 22 heavy (non-hydrogen) atoms. The minimum Gasteiger partial charge on any atom is -0.482 e. The summed E-state index contributed by atoms with van der Waals surface area (Å²) in [5, 5.41) is 13.6. The Morgan fingerprint density at radius 3 is 2.55 bits per heavy atom. The molecule has 0 saturated carbocycles. The highest BCUT2D eigenvalue weighted by Crippen LogP contribution is 2.28. The van der Waals surface area contributed by atoms with Gasteiger partial charge in [0.1, 0.15) is 5.75 Å². The van der Waals surface area contributed by atoms with E-state index in [0.717, 1.165) is 6.07 Å². The number of nitrogens with one attached hydrogen (secondary N) is 1. The molecular formula is C14H10Cl2N2O4. The number of rotatable bonds is 5. The van der Waals surface area contributed by atoms with Crippen molar-refractivity contribution in [3.63, 3.8) is 0 Å². The molecule has 6 nitrogen and oxygen atoms in total. The van der Waals surface area contributed by atoms with E-state index in [1.165, 1.54) is 12.1 Å². The van der Waals surface area contributed by atoms with Gasteiger partial charge in [-0.3, -0.25) is 14.9 Å². The van der Waals surface area contributed by atoms with Crippen LogP contribution in [0.15, 0.2) is 42.5 Å². The minimum atomic E-state index is -0.570. The quantitative estimate of drug-likeness (QED) is 0.660. The number of nitro benzene ring substituents is 1. The smallest absolute Gasteiger partial charge is 0.271 e. The number of halogens is 2. The van der Waals surface area contributed by atoms with Gasteiger partial charge in [0.05, 0.1) is 20.7 Å². The normalized spacial score (nSPS) is 10.1. The fraction of sp³-hybridized carbons (Fsp3) is 0.0714. The number of hydrogen-bond acceptors (Lipinski definition) is 4. The lowest BCUT2D eigenvalue weighted by molar-refractivity contribution is -0.384. The van der Waals surface area contributed by atoms with E-state index in [-0.39, 0.29) is 23.1 Å². The number of hydrogen-bond donors (Lipinski definition) is 1. The highest BCUT2D eigenvalue weighted by Gasteiger charge is 2.12. The summed E-state index contributed by atoms with van der Waals surface area (Å²) in [7, 11) is 0. The van der Waals surface area contributed by atoms with Crippen molar-refractivity contribution in [3.8, 4) is 5.75 Å². The molecule has 2 aromatic rings. The van der Waals surface area contributed by atoms with Gasteiger partial charge in [0.2, 0.25) is 0 Å². The number of anilines is 1. The Labute approximate surface area is 135 Å². The van der Waals surface area contributed by atoms with E-state index >= 15 is 0 Å². The number of non-ortho nitro benzene ring substituents is 1. The van der Waals surface area contributed by atoms with Gasteiger partial charge in [-0.2, -0.15) is 0 Å². The van der Waals surface area contributed by atoms with E-state index in [2.05, 4.69) is 5.32 Å². The van der Waals surface area contributed by atoms with Crippen LogP contribution in [0, 0.1) is 10.1 Å². The predicted molar refractivity (Wildman–Crippen MR) is 83.7 cm³/mol. The standard InChI is InChI=1S/C14H10Cl2N2O4/c15-10-3-1-2-4-12(10)17-14(19)8-22-13-6-5-9(18(20)21)7-11(13)16/h1-7H,8H2,(H,17,19). The van der Waals surface area contributed by atoms with Gasteiger partial charge >= 0.3 is 0 Å². The molecule has 0 radical (unpaired) electrons. The second-order valence-electron chi connectivity index (χ2n) is 4.19. The predicted octanol–water partition coefficient (Wildman–Crippen LogP) is 3.92. The fourth-order valence-electron chi connectivity index (χ4n) is 1.61. The Bertz CT molecular complexity index is 722. The molecule has 0 aliphatic heterocycles. The maximum Gasteiger partial charge on any atom is 0.271 e. The van der Waals surface area contributed by atoms with Gasteiger partial charge in [-0.05, 0) is 18.2 Å². The molecule has 0 spiro atoms. The first-order valence-electron chi connectivity index (χ1n) is 6.08. The second-order valence-corrected chi connectivity index (χ2v) is 5.00. The Morgan fingerprint density at radius 1 is 1.18 bits per heavy atom. The highest BCUT2D eigenvalue weighted by molar-refractivity contribution is 6.33. The van der Waals surface area contributed by atoms with Gasteiger partial charge in [0.15, 0.2) is 6.61 Å². The summed E-state index contributed by atoms with van der Waals surface area (Å²) in [6.07, 6.45) is 0. The van der Waals surface area contributed by atoms with Crippen LogP contribution in [0.4, 0.5) is 11.4 Å². The Kier molecular flexibility index (Phi) is 5.19. The molecule has 8 heteroatoms. The average Bonchev–Trinajstić information content (AvgIpc) is 2.48. The maximum absolute atomic E-state index is 11.8. The molecule has 0 atom stereocenters. The lowest BCUT2D eigenvalue weighted by atomic mass is 10.3. The molecule has 0 heterocycles. The van der Waals surface area contributed by atoms with Crippen LogP contribution in [-0.2, 0) is 4.79 Å². The Balaban J connectivity index is 1.97. The third kappa shape index (κ3) is 4.09. The number of nitro groups is 1. The van der Waals surface area contributed by atoms with Gasteiger partial charge in [-0.1, -0.05) is 35.3 Å². The lowest BCUT2D eigenvalue weighted by Crippen LogP contribution is -2.20. The largest absolute Gasteiger partial charge is 0.482 e. The third-order valence-electron chi connectivity index (χ3n) is 2.63.